The van der Waals surface area contributed by atoms with Gasteiger partial charge in [-0.1, -0.05) is 97.4 Å². The Hall–Kier alpha value is -3.32. The summed E-state index contributed by atoms with van der Waals surface area (Å²) >= 11 is 1.28. The highest BCUT2D eigenvalue weighted by Gasteiger charge is 2.22. The fraction of sp³-hybridized carbons (Fsp3) is 0.472. The number of carbonyl (C=O) groups excluding carboxylic acids is 1. The van der Waals surface area contributed by atoms with E-state index in [1.165, 1.54) is 22.7 Å². The van der Waals surface area contributed by atoms with Crippen molar-refractivity contribution >= 4 is 23.4 Å². The maximum absolute atomic E-state index is 13.8. The summed E-state index contributed by atoms with van der Waals surface area (Å²) in [5.74, 6) is 1.17. The van der Waals surface area contributed by atoms with Crippen LogP contribution in [0.5, 0.6) is 0 Å². The van der Waals surface area contributed by atoms with Crippen molar-refractivity contribution < 1.29 is 9.21 Å². The summed E-state index contributed by atoms with van der Waals surface area (Å²) in [4.78, 5) is 31.7. The van der Waals surface area contributed by atoms with Crippen molar-refractivity contribution in [2.75, 3.05) is 5.75 Å². The van der Waals surface area contributed by atoms with Crippen molar-refractivity contribution in [1.82, 2.24) is 14.9 Å². The van der Waals surface area contributed by atoms with Gasteiger partial charge in [0.15, 0.2) is 5.16 Å². The van der Waals surface area contributed by atoms with E-state index in [9.17, 15) is 9.59 Å². The van der Waals surface area contributed by atoms with Crippen LogP contribution in [-0.4, -0.2) is 27.3 Å². The molecule has 2 heterocycles. The molecule has 0 saturated heterocycles. The Balaban J connectivity index is 0.00000155. The highest BCUT2D eigenvalue weighted by molar-refractivity contribution is 7.99. The zero-order chi connectivity index (χ0) is 31.9. The number of benzene rings is 1. The Kier molecular flexibility index (Phi) is 15.3. The van der Waals surface area contributed by atoms with Gasteiger partial charge in [0.25, 0.3) is 5.56 Å². The van der Waals surface area contributed by atoms with E-state index in [1.54, 1.807) is 12.3 Å². The second-order valence-electron chi connectivity index (χ2n) is 10.3. The van der Waals surface area contributed by atoms with Crippen molar-refractivity contribution in [3.63, 3.8) is 0 Å². The molecule has 7 heteroatoms. The van der Waals surface area contributed by atoms with Gasteiger partial charge in [-0.15, -0.1) is 0 Å². The van der Waals surface area contributed by atoms with Gasteiger partial charge in [-0.2, -0.15) is 0 Å². The van der Waals surface area contributed by atoms with Crippen molar-refractivity contribution in [1.29, 1.82) is 0 Å². The second kappa shape index (κ2) is 18.4. The molecular weight excluding hydrogens is 554 g/mol. The number of thioether (sulfide) groups is 1. The molecule has 0 radical (unpaired) electrons. The Labute approximate surface area is 263 Å². The summed E-state index contributed by atoms with van der Waals surface area (Å²) in [6.07, 6.45) is 11.8. The summed E-state index contributed by atoms with van der Waals surface area (Å²) < 4.78 is 7.19. The van der Waals surface area contributed by atoms with E-state index in [2.05, 4.69) is 43.9 Å². The molecule has 0 bridgehead atoms. The molecule has 1 amide bonds. The SMILES string of the molecule is C=C(/C=C\C)n1c(SCC(=O)NC2CCCCC2)nc(-c2cc(-c3ccco3)ccc2C(C)CC)c(C)c1=O.CC.CC. The zero-order valence-corrected chi connectivity index (χ0v) is 28.3. The second-order valence-corrected chi connectivity index (χ2v) is 11.2. The minimum absolute atomic E-state index is 0.0356. The molecule has 1 aliphatic carbocycles. The average molecular weight is 606 g/mol. The van der Waals surface area contributed by atoms with Gasteiger partial charge in [0.1, 0.15) is 5.76 Å². The van der Waals surface area contributed by atoms with Crippen LogP contribution in [0.2, 0.25) is 0 Å². The standard InChI is InChI=1S/C32H39N3O3S.2C2H6/c1-6-12-22(4)35-31(37)23(5)30(34-32(35)39-20-29(36)33-25-13-9-8-10-14-25)27-19-24(28-15-11-18-38-28)16-17-26(27)21(3)7-2;2*1-2/h6,11-12,15-19,21,25H,4,7-10,13-14,20H2,1-3,5H3,(H,33,36);2*1-2H3/b12-6-;;. The molecule has 6 nitrogen and oxygen atoms in total. The first-order chi connectivity index (χ1) is 20.8. The molecule has 1 unspecified atom stereocenters. The van der Waals surface area contributed by atoms with Crippen LogP contribution in [0.4, 0.5) is 0 Å². The molecule has 1 atom stereocenters. The molecule has 0 spiro atoms. The van der Waals surface area contributed by atoms with Crippen LogP contribution in [0.25, 0.3) is 28.3 Å². The monoisotopic (exact) mass is 605 g/mol. The van der Waals surface area contributed by atoms with Crippen molar-refractivity contribution in [2.45, 2.75) is 111 Å². The van der Waals surface area contributed by atoms with Gasteiger partial charge in [-0.3, -0.25) is 14.2 Å². The lowest BCUT2D eigenvalue weighted by atomic mass is 9.89. The quantitative estimate of drug-likeness (QED) is 0.141. The summed E-state index contributed by atoms with van der Waals surface area (Å²) in [5.41, 5.74) is 4.46. The number of aromatic nitrogens is 2. The fourth-order valence-corrected chi connectivity index (χ4v) is 5.95. The van der Waals surface area contributed by atoms with Gasteiger partial charge < -0.3 is 9.73 Å². The first-order valence-electron chi connectivity index (χ1n) is 15.9. The lowest BCUT2D eigenvalue weighted by molar-refractivity contribution is -0.119. The van der Waals surface area contributed by atoms with E-state index in [4.69, 9.17) is 9.40 Å². The van der Waals surface area contributed by atoms with Gasteiger partial charge in [0.05, 0.1) is 17.7 Å². The molecule has 1 saturated carbocycles. The van der Waals surface area contributed by atoms with Crippen molar-refractivity contribution in [3.05, 3.63) is 76.8 Å². The molecule has 1 fully saturated rings. The summed E-state index contributed by atoms with van der Waals surface area (Å²) in [6, 6.07) is 10.2. The highest BCUT2D eigenvalue weighted by atomic mass is 32.2. The molecule has 1 aliphatic rings. The lowest BCUT2D eigenvalue weighted by Gasteiger charge is -2.23. The maximum Gasteiger partial charge on any atom is 0.262 e. The molecule has 1 aromatic carbocycles. The number of carbonyl (C=O) groups is 1. The Morgan fingerprint density at radius 2 is 1.88 bits per heavy atom. The van der Waals surface area contributed by atoms with E-state index < -0.39 is 0 Å². The highest BCUT2D eigenvalue weighted by Crippen LogP contribution is 2.36. The Morgan fingerprint density at radius 3 is 2.49 bits per heavy atom. The number of amides is 1. The van der Waals surface area contributed by atoms with E-state index in [1.807, 2.05) is 59.8 Å². The Morgan fingerprint density at radius 1 is 1.19 bits per heavy atom. The molecule has 43 heavy (non-hydrogen) atoms. The largest absolute Gasteiger partial charge is 0.464 e. The third-order valence-corrected chi connectivity index (χ3v) is 8.42. The summed E-state index contributed by atoms with van der Waals surface area (Å²) in [5, 5.41) is 3.63. The van der Waals surface area contributed by atoms with Crippen molar-refractivity contribution in [3.8, 4) is 22.6 Å². The predicted octanol–water partition coefficient (Wildman–Crippen LogP) is 9.63. The molecule has 2 aromatic heterocycles. The first-order valence-corrected chi connectivity index (χ1v) is 16.9. The molecule has 1 N–H and O–H groups in total. The molecule has 0 aliphatic heterocycles. The van der Waals surface area contributed by atoms with Crippen LogP contribution in [0.15, 0.2) is 69.7 Å². The van der Waals surface area contributed by atoms with Gasteiger partial charge in [0, 0.05) is 28.4 Å². The molecular formula is C36H51N3O3S. The van der Waals surface area contributed by atoms with Crippen LogP contribution < -0.4 is 10.9 Å². The van der Waals surface area contributed by atoms with E-state index in [0.717, 1.165) is 54.6 Å². The molecule has 234 valence electrons. The van der Waals surface area contributed by atoms with Crippen LogP contribution in [0.3, 0.4) is 0 Å². The van der Waals surface area contributed by atoms with Crippen LogP contribution in [-0.2, 0) is 4.79 Å². The number of allylic oxidation sites excluding steroid dienone is 3. The number of nitrogens with one attached hydrogen (secondary N) is 1. The third kappa shape index (κ3) is 9.33. The third-order valence-electron chi connectivity index (χ3n) is 7.48. The molecule has 3 aromatic rings. The van der Waals surface area contributed by atoms with Crippen LogP contribution in [0, 0.1) is 6.92 Å². The van der Waals surface area contributed by atoms with E-state index in [0.29, 0.717) is 22.1 Å². The maximum atomic E-state index is 13.8. The average Bonchev–Trinajstić information content (AvgIpc) is 3.59. The lowest BCUT2D eigenvalue weighted by Crippen LogP contribution is -2.37. The smallest absolute Gasteiger partial charge is 0.262 e. The summed E-state index contributed by atoms with van der Waals surface area (Å²) in [6.45, 7) is 20.1. The van der Waals surface area contributed by atoms with Gasteiger partial charge in [-0.05, 0) is 68.9 Å². The fourth-order valence-electron chi connectivity index (χ4n) is 5.12. The minimum atomic E-state index is -0.184. The Bertz CT molecular complexity index is 1400. The van der Waals surface area contributed by atoms with E-state index >= 15 is 0 Å². The van der Waals surface area contributed by atoms with Gasteiger partial charge >= 0.3 is 0 Å². The number of hydrogen-bond donors (Lipinski definition) is 1. The number of rotatable bonds is 10. The number of furan rings is 1. The van der Waals surface area contributed by atoms with E-state index in [-0.39, 0.29) is 29.2 Å². The predicted molar refractivity (Wildman–Crippen MR) is 184 cm³/mol. The van der Waals surface area contributed by atoms with Gasteiger partial charge in [0.2, 0.25) is 5.91 Å². The normalized spacial score (nSPS) is 13.9. The zero-order valence-electron chi connectivity index (χ0n) is 27.5. The van der Waals surface area contributed by atoms with Gasteiger partial charge in [-0.25, -0.2) is 4.98 Å². The number of nitrogens with zero attached hydrogens (tertiary/aromatic N) is 2. The first kappa shape index (κ1) is 35.9. The van der Waals surface area contributed by atoms with Crippen LogP contribution in [0.1, 0.15) is 104 Å². The number of hydrogen-bond acceptors (Lipinski definition) is 5. The van der Waals surface area contributed by atoms with Crippen molar-refractivity contribution in [2.24, 2.45) is 0 Å². The minimum Gasteiger partial charge on any atom is -0.464 e. The topological polar surface area (TPSA) is 77.1 Å². The summed E-state index contributed by atoms with van der Waals surface area (Å²) in [7, 11) is 0. The molecule has 4 rings (SSSR count). The van der Waals surface area contributed by atoms with Crippen LogP contribution >= 0.6 is 11.8 Å².